The summed E-state index contributed by atoms with van der Waals surface area (Å²) in [6.45, 7) is 3.24. The maximum absolute atomic E-state index is 12.2. The zero-order valence-corrected chi connectivity index (χ0v) is 14.5. The van der Waals surface area contributed by atoms with Crippen LogP contribution >= 0.6 is 0 Å². The largest absolute Gasteiger partial charge is 0.493 e. The number of carbonyl (C=O) groups is 1. The Balaban J connectivity index is 2.08. The van der Waals surface area contributed by atoms with Crippen LogP contribution in [0.15, 0.2) is 18.2 Å². The standard InChI is InChI=1S/C16H20N4O5/c1-10-15(20(22)23)11(2)19(18-10)9-14(21)17-8-12-6-5-7-13(24-3)16(12)25-4/h5-7H,8-9H2,1-4H3,(H,17,21). The highest BCUT2D eigenvalue weighted by atomic mass is 16.6. The van der Waals surface area contributed by atoms with Crippen molar-refractivity contribution in [1.82, 2.24) is 15.1 Å². The highest BCUT2D eigenvalue weighted by Gasteiger charge is 2.22. The van der Waals surface area contributed by atoms with Crippen LogP contribution < -0.4 is 14.8 Å². The molecule has 0 atom stereocenters. The summed E-state index contributed by atoms with van der Waals surface area (Å²) in [7, 11) is 3.06. The molecule has 9 nitrogen and oxygen atoms in total. The second-order valence-corrected chi connectivity index (χ2v) is 5.36. The quantitative estimate of drug-likeness (QED) is 0.603. The van der Waals surface area contributed by atoms with Crippen LogP contribution in [0.3, 0.4) is 0 Å². The summed E-state index contributed by atoms with van der Waals surface area (Å²) >= 11 is 0. The number of methoxy groups -OCH3 is 2. The van der Waals surface area contributed by atoms with Crippen molar-refractivity contribution in [3.05, 3.63) is 45.3 Å². The van der Waals surface area contributed by atoms with E-state index in [1.807, 2.05) is 6.07 Å². The fraction of sp³-hybridized carbons (Fsp3) is 0.375. The molecule has 1 aromatic heterocycles. The van der Waals surface area contributed by atoms with E-state index in [1.165, 1.54) is 18.9 Å². The maximum atomic E-state index is 12.2. The Labute approximate surface area is 144 Å². The van der Waals surface area contributed by atoms with E-state index < -0.39 is 4.92 Å². The lowest BCUT2D eigenvalue weighted by molar-refractivity contribution is -0.386. The van der Waals surface area contributed by atoms with Crippen LogP contribution in [0.1, 0.15) is 17.0 Å². The zero-order chi connectivity index (χ0) is 18.6. The number of nitrogens with zero attached hydrogens (tertiary/aromatic N) is 3. The minimum absolute atomic E-state index is 0.0673. The Morgan fingerprint density at radius 2 is 2.04 bits per heavy atom. The first kappa shape index (κ1) is 18.2. The number of nitro groups is 1. The second kappa shape index (κ2) is 7.65. The number of hydrogen-bond donors (Lipinski definition) is 1. The van der Waals surface area contributed by atoms with Gasteiger partial charge in [-0.1, -0.05) is 12.1 Å². The number of carbonyl (C=O) groups excluding carboxylic acids is 1. The van der Waals surface area contributed by atoms with Gasteiger partial charge < -0.3 is 14.8 Å². The van der Waals surface area contributed by atoms with Crippen molar-refractivity contribution in [2.24, 2.45) is 0 Å². The minimum Gasteiger partial charge on any atom is -0.493 e. The highest BCUT2D eigenvalue weighted by molar-refractivity contribution is 5.76. The highest BCUT2D eigenvalue weighted by Crippen LogP contribution is 2.30. The van der Waals surface area contributed by atoms with Crippen molar-refractivity contribution in [2.45, 2.75) is 26.9 Å². The van der Waals surface area contributed by atoms with Gasteiger partial charge in [-0.3, -0.25) is 19.6 Å². The first-order valence-electron chi connectivity index (χ1n) is 7.54. The number of amides is 1. The predicted molar refractivity (Wildman–Crippen MR) is 89.7 cm³/mol. The van der Waals surface area contributed by atoms with Crippen LogP contribution in [0.5, 0.6) is 11.5 Å². The van der Waals surface area contributed by atoms with Crippen molar-refractivity contribution in [2.75, 3.05) is 14.2 Å². The van der Waals surface area contributed by atoms with E-state index in [9.17, 15) is 14.9 Å². The van der Waals surface area contributed by atoms with E-state index in [0.717, 1.165) is 5.56 Å². The molecule has 0 saturated carbocycles. The number of rotatable bonds is 7. The van der Waals surface area contributed by atoms with E-state index in [-0.39, 0.29) is 30.4 Å². The van der Waals surface area contributed by atoms with E-state index in [2.05, 4.69) is 10.4 Å². The third kappa shape index (κ3) is 3.87. The van der Waals surface area contributed by atoms with Gasteiger partial charge in [-0.2, -0.15) is 5.10 Å². The number of hydrogen-bond acceptors (Lipinski definition) is 6. The van der Waals surface area contributed by atoms with Gasteiger partial charge in [-0.15, -0.1) is 0 Å². The van der Waals surface area contributed by atoms with Gasteiger partial charge in [0.2, 0.25) is 5.91 Å². The summed E-state index contributed by atoms with van der Waals surface area (Å²) in [5, 5.41) is 17.8. The van der Waals surface area contributed by atoms with Gasteiger partial charge in [0.05, 0.1) is 19.1 Å². The first-order valence-corrected chi connectivity index (χ1v) is 7.54. The molecule has 1 N–H and O–H groups in total. The number of ether oxygens (including phenoxy) is 2. The van der Waals surface area contributed by atoms with Gasteiger partial charge in [-0.25, -0.2) is 0 Å². The second-order valence-electron chi connectivity index (χ2n) is 5.36. The van der Waals surface area contributed by atoms with Crippen LogP contribution in [0, 0.1) is 24.0 Å². The molecule has 2 rings (SSSR count). The van der Waals surface area contributed by atoms with Gasteiger partial charge >= 0.3 is 5.69 Å². The molecule has 134 valence electrons. The van der Waals surface area contributed by atoms with Crippen molar-refractivity contribution in [3.8, 4) is 11.5 Å². The molecule has 0 fully saturated rings. The Hall–Kier alpha value is -3.10. The van der Waals surface area contributed by atoms with Gasteiger partial charge in [0.25, 0.3) is 0 Å². The molecule has 1 amide bonds. The number of aromatic nitrogens is 2. The molecule has 0 aliphatic heterocycles. The SMILES string of the molecule is COc1cccc(CNC(=O)Cn2nc(C)c([N+](=O)[O-])c2C)c1OC. The van der Waals surface area contributed by atoms with Crippen LogP contribution in [-0.2, 0) is 17.9 Å². The van der Waals surface area contributed by atoms with E-state index in [0.29, 0.717) is 17.2 Å². The molecular formula is C16H20N4O5. The first-order chi connectivity index (χ1) is 11.9. The predicted octanol–water partition coefficient (Wildman–Crippen LogP) is 1.74. The van der Waals surface area contributed by atoms with E-state index >= 15 is 0 Å². The lowest BCUT2D eigenvalue weighted by Crippen LogP contribution is -2.28. The van der Waals surface area contributed by atoms with Gasteiger partial charge in [-0.05, 0) is 19.9 Å². The molecule has 0 bridgehead atoms. The number of aryl methyl sites for hydroxylation is 1. The van der Waals surface area contributed by atoms with Crippen molar-refractivity contribution in [3.63, 3.8) is 0 Å². The van der Waals surface area contributed by atoms with Gasteiger partial charge in [0.15, 0.2) is 11.5 Å². The molecular weight excluding hydrogens is 328 g/mol. The Kier molecular flexibility index (Phi) is 5.58. The van der Waals surface area contributed by atoms with Crippen LogP contribution in [0.4, 0.5) is 5.69 Å². The average molecular weight is 348 g/mol. The molecule has 1 heterocycles. The fourth-order valence-corrected chi connectivity index (χ4v) is 2.58. The van der Waals surface area contributed by atoms with Crippen molar-refractivity contribution >= 4 is 11.6 Å². The molecule has 2 aromatic rings. The summed E-state index contributed by atoms with van der Waals surface area (Å²) in [6, 6.07) is 5.38. The number of benzene rings is 1. The van der Waals surface area contributed by atoms with Crippen molar-refractivity contribution < 1.29 is 19.2 Å². The number of nitrogens with one attached hydrogen (secondary N) is 1. The molecule has 0 aliphatic carbocycles. The van der Waals surface area contributed by atoms with E-state index in [4.69, 9.17) is 9.47 Å². The zero-order valence-electron chi connectivity index (χ0n) is 14.5. The lowest BCUT2D eigenvalue weighted by Gasteiger charge is -2.13. The number of para-hydroxylation sites is 1. The van der Waals surface area contributed by atoms with Gasteiger partial charge in [0.1, 0.15) is 17.9 Å². The average Bonchev–Trinajstić information content (AvgIpc) is 2.85. The molecule has 0 unspecified atom stereocenters. The normalized spacial score (nSPS) is 10.4. The van der Waals surface area contributed by atoms with Crippen LogP contribution in [-0.4, -0.2) is 34.8 Å². The van der Waals surface area contributed by atoms with Crippen LogP contribution in [0.25, 0.3) is 0 Å². The van der Waals surface area contributed by atoms with Gasteiger partial charge in [0, 0.05) is 12.1 Å². The Bertz CT molecular complexity index is 800. The molecule has 0 aliphatic rings. The molecule has 1 aromatic carbocycles. The van der Waals surface area contributed by atoms with Crippen molar-refractivity contribution in [1.29, 1.82) is 0 Å². The molecule has 9 heteroatoms. The fourth-order valence-electron chi connectivity index (χ4n) is 2.58. The maximum Gasteiger partial charge on any atom is 0.312 e. The Morgan fingerprint density at radius 1 is 1.32 bits per heavy atom. The molecule has 0 radical (unpaired) electrons. The summed E-state index contributed by atoms with van der Waals surface area (Å²) in [4.78, 5) is 22.7. The topological polar surface area (TPSA) is 109 Å². The Morgan fingerprint density at radius 3 is 2.60 bits per heavy atom. The molecule has 0 spiro atoms. The summed E-state index contributed by atoms with van der Waals surface area (Å²) < 4.78 is 11.9. The summed E-state index contributed by atoms with van der Waals surface area (Å²) in [5.74, 6) is 0.806. The van der Waals surface area contributed by atoms with E-state index in [1.54, 1.807) is 26.0 Å². The molecule has 0 saturated heterocycles. The third-order valence-corrected chi connectivity index (χ3v) is 3.78. The minimum atomic E-state index is -0.493. The smallest absolute Gasteiger partial charge is 0.312 e. The summed E-state index contributed by atoms with van der Waals surface area (Å²) in [5.41, 5.74) is 1.32. The third-order valence-electron chi connectivity index (χ3n) is 3.78. The monoisotopic (exact) mass is 348 g/mol. The molecule has 25 heavy (non-hydrogen) atoms. The van der Waals surface area contributed by atoms with Crippen LogP contribution in [0.2, 0.25) is 0 Å². The summed E-state index contributed by atoms with van der Waals surface area (Å²) in [6.07, 6.45) is 0. The lowest BCUT2D eigenvalue weighted by atomic mass is 10.2.